The van der Waals surface area contributed by atoms with Gasteiger partial charge in [-0.05, 0) is 18.2 Å². The minimum Gasteiger partial charge on any atom is -0.449 e. The van der Waals surface area contributed by atoms with Crippen LogP contribution in [0.2, 0.25) is 0 Å². The number of hydrogen-bond acceptors (Lipinski definition) is 4. The second-order valence-corrected chi connectivity index (χ2v) is 3.45. The van der Waals surface area contributed by atoms with Gasteiger partial charge in [-0.3, -0.25) is 0 Å². The van der Waals surface area contributed by atoms with Crippen molar-refractivity contribution in [1.82, 2.24) is 0 Å². The standard InChI is InChI=1S/C12H14N2O2/c1-4-7-16-12(15)10-8-9(13)5-6-11(10)14(2)3/h1,5-6,8H,7,13H2,2-3H3. The number of terminal acetylenes is 1. The topological polar surface area (TPSA) is 55.6 Å². The fourth-order valence-corrected chi connectivity index (χ4v) is 1.29. The van der Waals surface area contributed by atoms with Gasteiger partial charge < -0.3 is 15.4 Å². The molecule has 0 radical (unpaired) electrons. The van der Waals surface area contributed by atoms with Crippen molar-refractivity contribution < 1.29 is 9.53 Å². The highest BCUT2D eigenvalue weighted by Crippen LogP contribution is 2.22. The average molecular weight is 218 g/mol. The molecule has 0 aliphatic rings. The molecule has 2 N–H and O–H groups in total. The Labute approximate surface area is 95.0 Å². The highest BCUT2D eigenvalue weighted by Gasteiger charge is 2.14. The van der Waals surface area contributed by atoms with E-state index in [0.717, 1.165) is 5.69 Å². The first kappa shape index (κ1) is 11.9. The van der Waals surface area contributed by atoms with Gasteiger partial charge in [0.1, 0.15) is 0 Å². The minimum atomic E-state index is -0.464. The molecule has 0 unspecified atom stereocenters. The molecular weight excluding hydrogens is 204 g/mol. The first-order valence-electron chi connectivity index (χ1n) is 4.73. The molecule has 0 aromatic heterocycles. The fourth-order valence-electron chi connectivity index (χ4n) is 1.29. The van der Waals surface area contributed by atoms with Gasteiger partial charge in [0.15, 0.2) is 6.61 Å². The highest BCUT2D eigenvalue weighted by atomic mass is 16.5. The fraction of sp³-hybridized carbons (Fsp3) is 0.250. The summed E-state index contributed by atoms with van der Waals surface area (Å²) in [6.45, 7) is -0.0412. The highest BCUT2D eigenvalue weighted by molar-refractivity contribution is 5.97. The number of esters is 1. The summed E-state index contributed by atoms with van der Waals surface area (Å²) in [7, 11) is 3.67. The molecule has 0 bridgehead atoms. The van der Waals surface area contributed by atoms with E-state index in [-0.39, 0.29) is 6.61 Å². The molecule has 4 heteroatoms. The van der Waals surface area contributed by atoms with E-state index in [1.54, 1.807) is 18.2 Å². The summed E-state index contributed by atoms with van der Waals surface area (Å²) in [6.07, 6.45) is 5.02. The van der Waals surface area contributed by atoms with Crippen LogP contribution in [0.5, 0.6) is 0 Å². The van der Waals surface area contributed by atoms with Crippen molar-refractivity contribution in [2.45, 2.75) is 0 Å². The second kappa shape index (κ2) is 5.08. The maximum absolute atomic E-state index is 11.7. The van der Waals surface area contributed by atoms with Crippen LogP contribution in [0.15, 0.2) is 18.2 Å². The lowest BCUT2D eigenvalue weighted by atomic mass is 10.1. The van der Waals surface area contributed by atoms with Crippen LogP contribution < -0.4 is 10.6 Å². The second-order valence-electron chi connectivity index (χ2n) is 3.45. The predicted octanol–water partition coefficient (Wildman–Crippen LogP) is 1.12. The maximum atomic E-state index is 11.7. The molecular formula is C12H14N2O2. The number of carbonyl (C=O) groups excluding carboxylic acids is 1. The van der Waals surface area contributed by atoms with Crippen LogP contribution in [-0.2, 0) is 4.74 Å². The molecule has 0 aliphatic carbocycles. The minimum absolute atomic E-state index is 0.0412. The van der Waals surface area contributed by atoms with Gasteiger partial charge in [-0.1, -0.05) is 5.92 Å². The van der Waals surface area contributed by atoms with Gasteiger partial charge in [-0.25, -0.2) is 4.79 Å². The molecule has 0 fully saturated rings. The smallest absolute Gasteiger partial charge is 0.341 e. The Bertz CT molecular complexity index is 433. The normalized spacial score (nSPS) is 9.31. The van der Waals surface area contributed by atoms with Crippen molar-refractivity contribution in [2.75, 3.05) is 31.3 Å². The first-order chi connectivity index (χ1) is 7.56. The van der Waals surface area contributed by atoms with Crippen LogP contribution in [0.3, 0.4) is 0 Å². The number of hydrogen-bond donors (Lipinski definition) is 1. The summed E-state index contributed by atoms with van der Waals surface area (Å²) in [4.78, 5) is 13.5. The Morgan fingerprint density at radius 1 is 1.56 bits per heavy atom. The van der Waals surface area contributed by atoms with Crippen molar-refractivity contribution in [3.63, 3.8) is 0 Å². The number of anilines is 2. The Hall–Kier alpha value is -2.15. The van der Waals surface area contributed by atoms with Gasteiger partial charge in [-0.2, -0.15) is 0 Å². The van der Waals surface area contributed by atoms with Crippen molar-refractivity contribution in [3.8, 4) is 12.3 Å². The van der Waals surface area contributed by atoms with Crippen molar-refractivity contribution in [3.05, 3.63) is 23.8 Å². The lowest BCUT2D eigenvalue weighted by Crippen LogP contribution is -2.16. The van der Waals surface area contributed by atoms with E-state index < -0.39 is 5.97 Å². The molecule has 0 spiro atoms. The quantitative estimate of drug-likeness (QED) is 0.469. The Morgan fingerprint density at radius 3 is 2.81 bits per heavy atom. The zero-order valence-corrected chi connectivity index (χ0v) is 9.36. The number of rotatable bonds is 3. The van der Waals surface area contributed by atoms with Crippen molar-refractivity contribution in [1.29, 1.82) is 0 Å². The van der Waals surface area contributed by atoms with Gasteiger partial charge >= 0.3 is 5.97 Å². The Balaban J connectivity index is 3.05. The summed E-state index contributed by atoms with van der Waals surface area (Å²) < 4.78 is 4.87. The number of benzene rings is 1. The number of nitrogen functional groups attached to an aromatic ring is 1. The van der Waals surface area contributed by atoms with Gasteiger partial charge in [0.25, 0.3) is 0 Å². The van der Waals surface area contributed by atoms with E-state index in [4.69, 9.17) is 16.9 Å². The third-order valence-corrected chi connectivity index (χ3v) is 2.01. The molecule has 0 saturated carbocycles. The van der Waals surface area contributed by atoms with E-state index in [0.29, 0.717) is 11.3 Å². The van der Waals surface area contributed by atoms with Crippen molar-refractivity contribution in [2.24, 2.45) is 0 Å². The molecule has 1 rings (SSSR count). The van der Waals surface area contributed by atoms with Crippen LogP contribution in [0.25, 0.3) is 0 Å². The Kier molecular flexibility index (Phi) is 3.78. The van der Waals surface area contributed by atoms with Crippen LogP contribution in [-0.4, -0.2) is 26.7 Å². The number of ether oxygens (including phenoxy) is 1. The third-order valence-electron chi connectivity index (χ3n) is 2.01. The lowest BCUT2D eigenvalue weighted by molar-refractivity contribution is 0.0557. The molecule has 0 heterocycles. The summed E-state index contributed by atoms with van der Waals surface area (Å²) in [6, 6.07) is 5.07. The molecule has 84 valence electrons. The molecule has 0 amide bonds. The third kappa shape index (κ3) is 2.67. The average Bonchev–Trinajstić information content (AvgIpc) is 2.25. The molecule has 4 nitrogen and oxygen atoms in total. The SMILES string of the molecule is C#CCOC(=O)c1cc(N)ccc1N(C)C. The van der Waals surface area contributed by atoms with Gasteiger partial charge in [-0.15, -0.1) is 6.42 Å². The molecule has 1 aromatic carbocycles. The zero-order valence-electron chi connectivity index (χ0n) is 9.36. The molecule has 0 aliphatic heterocycles. The summed E-state index contributed by atoms with van der Waals surface area (Å²) in [5.41, 5.74) is 7.30. The summed E-state index contributed by atoms with van der Waals surface area (Å²) >= 11 is 0. The van der Waals surface area contributed by atoms with Crippen LogP contribution >= 0.6 is 0 Å². The Morgan fingerprint density at radius 2 is 2.25 bits per heavy atom. The number of nitrogens with two attached hydrogens (primary N) is 1. The van der Waals surface area contributed by atoms with E-state index in [2.05, 4.69) is 5.92 Å². The zero-order chi connectivity index (χ0) is 12.1. The lowest BCUT2D eigenvalue weighted by Gasteiger charge is -2.16. The van der Waals surface area contributed by atoms with E-state index >= 15 is 0 Å². The van der Waals surface area contributed by atoms with Crippen molar-refractivity contribution >= 4 is 17.3 Å². The largest absolute Gasteiger partial charge is 0.449 e. The summed E-state index contributed by atoms with van der Waals surface area (Å²) in [5.74, 6) is 1.78. The number of nitrogens with zero attached hydrogens (tertiary/aromatic N) is 1. The first-order valence-corrected chi connectivity index (χ1v) is 4.73. The van der Waals surface area contributed by atoms with Gasteiger partial charge in [0, 0.05) is 19.8 Å². The predicted molar refractivity (Wildman–Crippen MR) is 64.3 cm³/mol. The van der Waals surface area contributed by atoms with Crippen LogP contribution in [0, 0.1) is 12.3 Å². The molecule has 16 heavy (non-hydrogen) atoms. The number of carbonyl (C=O) groups is 1. The maximum Gasteiger partial charge on any atom is 0.341 e. The van der Waals surface area contributed by atoms with E-state index in [9.17, 15) is 4.79 Å². The molecule has 0 atom stereocenters. The van der Waals surface area contributed by atoms with Gasteiger partial charge in [0.05, 0.1) is 11.3 Å². The van der Waals surface area contributed by atoms with Gasteiger partial charge in [0.2, 0.25) is 0 Å². The van der Waals surface area contributed by atoms with Crippen LogP contribution in [0.4, 0.5) is 11.4 Å². The summed E-state index contributed by atoms with van der Waals surface area (Å²) in [5, 5.41) is 0. The molecule has 1 aromatic rings. The monoisotopic (exact) mass is 218 g/mol. The van der Waals surface area contributed by atoms with E-state index in [1.165, 1.54) is 0 Å². The molecule has 0 saturated heterocycles. The van der Waals surface area contributed by atoms with Crippen LogP contribution in [0.1, 0.15) is 10.4 Å². The van der Waals surface area contributed by atoms with E-state index in [1.807, 2.05) is 19.0 Å².